The molecule has 1 atom stereocenters. The van der Waals surface area contributed by atoms with Gasteiger partial charge in [-0.2, -0.15) is 0 Å². The van der Waals surface area contributed by atoms with Crippen LogP contribution >= 0.6 is 0 Å². The van der Waals surface area contributed by atoms with Crippen LogP contribution in [0.15, 0.2) is 36.5 Å². The number of aromatic nitrogens is 2. The summed E-state index contributed by atoms with van der Waals surface area (Å²) in [6.07, 6.45) is 4.68. The number of benzene rings is 1. The summed E-state index contributed by atoms with van der Waals surface area (Å²) in [5.74, 6) is 0.597. The molecule has 0 radical (unpaired) electrons. The number of nitrogens with two attached hydrogens (primary N) is 1. The molecule has 0 fully saturated rings. The number of carbonyl (C=O) groups excluding carboxylic acids is 1. The number of hydrogen-bond donors (Lipinski definition) is 2. The smallest absolute Gasteiger partial charge is 0.234 e. The molecule has 21 heavy (non-hydrogen) atoms. The van der Waals surface area contributed by atoms with Gasteiger partial charge in [-0.3, -0.25) is 4.79 Å². The molecule has 1 amide bonds. The van der Waals surface area contributed by atoms with Gasteiger partial charge in [0.15, 0.2) is 5.82 Å². The normalized spacial score (nSPS) is 17.1. The molecule has 5 heteroatoms. The fraction of sp³-hybridized carbons (Fsp3) is 0.312. The van der Waals surface area contributed by atoms with Crippen molar-refractivity contribution in [1.82, 2.24) is 15.3 Å². The maximum atomic E-state index is 11.5. The highest BCUT2D eigenvalue weighted by Crippen LogP contribution is 2.29. The van der Waals surface area contributed by atoms with Crippen LogP contribution in [0.2, 0.25) is 0 Å². The highest BCUT2D eigenvalue weighted by molar-refractivity contribution is 5.78. The van der Waals surface area contributed by atoms with Gasteiger partial charge in [0.25, 0.3) is 0 Å². The molecule has 1 aliphatic rings. The standard InChI is InChI=1S/C16H18N4O/c17-9-15(21)19-13-7-4-8-14-12(13)10-18-16(20-14)11-5-2-1-3-6-11/h1-3,5-6,10,13H,4,7-9,17H2,(H,19,21). The Labute approximate surface area is 123 Å². The van der Waals surface area contributed by atoms with Crippen molar-refractivity contribution in [2.45, 2.75) is 25.3 Å². The minimum atomic E-state index is -0.139. The highest BCUT2D eigenvalue weighted by Gasteiger charge is 2.23. The Hall–Kier alpha value is -2.27. The summed E-state index contributed by atoms with van der Waals surface area (Å²) < 4.78 is 0. The van der Waals surface area contributed by atoms with Crippen molar-refractivity contribution in [2.75, 3.05) is 6.54 Å². The van der Waals surface area contributed by atoms with Gasteiger partial charge in [0.05, 0.1) is 12.6 Å². The summed E-state index contributed by atoms with van der Waals surface area (Å²) in [7, 11) is 0. The molecule has 5 nitrogen and oxygen atoms in total. The third-order valence-corrected chi connectivity index (χ3v) is 3.73. The molecule has 1 unspecified atom stereocenters. The monoisotopic (exact) mass is 282 g/mol. The van der Waals surface area contributed by atoms with E-state index in [-0.39, 0.29) is 18.5 Å². The summed E-state index contributed by atoms with van der Waals surface area (Å²) in [5.41, 5.74) is 8.42. The fourth-order valence-electron chi connectivity index (χ4n) is 2.68. The zero-order valence-corrected chi connectivity index (χ0v) is 11.7. The first-order valence-electron chi connectivity index (χ1n) is 7.18. The lowest BCUT2D eigenvalue weighted by molar-refractivity contribution is -0.120. The van der Waals surface area contributed by atoms with E-state index < -0.39 is 0 Å². The molecular weight excluding hydrogens is 264 g/mol. The Kier molecular flexibility index (Phi) is 3.92. The third-order valence-electron chi connectivity index (χ3n) is 3.73. The van der Waals surface area contributed by atoms with Crippen LogP contribution in [-0.4, -0.2) is 22.4 Å². The number of hydrogen-bond acceptors (Lipinski definition) is 4. The zero-order chi connectivity index (χ0) is 14.7. The van der Waals surface area contributed by atoms with E-state index in [0.29, 0.717) is 0 Å². The van der Waals surface area contributed by atoms with Crippen LogP contribution in [0.4, 0.5) is 0 Å². The first-order valence-corrected chi connectivity index (χ1v) is 7.18. The maximum absolute atomic E-state index is 11.5. The van der Waals surface area contributed by atoms with E-state index in [4.69, 9.17) is 5.73 Å². The predicted molar refractivity (Wildman–Crippen MR) is 80.3 cm³/mol. The summed E-state index contributed by atoms with van der Waals surface area (Å²) in [6, 6.07) is 9.90. The van der Waals surface area contributed by atoms with Gasteiger partial charge in [-0.15, -0.1) is 0 Å². The van der Waals surface area contributed by atoms with E-state index in [2.05, 4.69) is 15.3 Å². The lowest BCUT2D eigenvalue weighted by Crippen LogP contribution is -2.35. The highest BCUT2D eigenvalue weighted by atomic mass is 16.1. The largest absolute Gasteiger partial charge is 0.348 e. The molecule has 3 N–H and O–H groups in total. The Morgan fingerprint density at radius 3 is 2.90 bits per heavy atom. The Morgan fingerprint density at radius 2 is 2.14 bits per heavy atom. The molecule has 3 rings (SSSR count). The van der Waals surface area contributed by atoms with Gasteiger partial charge in [0.1, 0.15) is 0 Å². The molecule has 1 aliphatic carbocycles. The topological polar surface area (TPSA) is 80.9 Å². The number of rotatable bonds is 3. The van der Waals surface area contributed by atoms with Gasteiger partial charge in [-0.05, 0) is 19.3 Å². The van der Waals surface area contributed by atoms with Crippen molar-refractivity contribution in [3.8, 4) is 11.4 Å². The Bertz CT molecular complexity index is 642. The van der Waals surface area contributed by atoms with Gasteiger partial charge in [0, 0.05) is 23.0 Å². The quantitative estimate of drug-likeness (QED) is 0.896. The molecule has 1 heterocycles. The SMILES string of the molecule is NCC(=O)NC1CCCc2nc(-c3ccccc3)ncc21. The molecule has 1 aromatic heterocycles. The van der Waals surface area contributed by atoms with Gasteiger partial charge in [0.2, 0.25) is 5.91 Å². The van der Waals surface area contributed by atoms with E-state index >= 15 is 0 Å². The molecule has 0 aliphatic heterocycles. The number of carbonyl (C=O) groups is 1. The van der Waals surface area contributed by atoms with Crippen LogP contribution in [0.25, 0.3) is 11.4 Å². The van der Waals surface area contributed by atoms with Crippen LogP contribution < -0.4 is 11.1 Å². The lowest BCUT2D eigenvalue weighted by Gasteiger charge is -2.25. The average molecular weight is 282 g/mol. The van der Waals surface area contributed by atoms with E-state index in [1.807, 2.05) is 36.5 Å². The van der Waals surface area contributed by atoms with Crippen LogP contribution in [0.3, 0.4) is 0 Å². The van der Waals surface area contributed by atoms with Crippen molar-refractivity contribution in [2.24, 2.45) is 5.73 Å². The molecule has 108 valence electrons. The third kappa shape index (κ3) is 2.92. The summed E-state index contributed by atoms with van der Waals surface area (Å²) >= 11 is 0. The fourth-order valence-corrected chi connectivity index (χ4v) is 2.68. The van der Waals surface area contributed by atoms with Gasteiger partial charge in [-0.1, -0.05) is 30.3 Å². The van der Waals surface area contributed by atoms with Crippen molar-refractivity contribution < 1.29 is 4.79 Å². The molecule has 0 bridgehead atoms. The summed E-state index contributed by atoms with van der Waals surface area (Å²) in [5, 5.41) is 2.94. The summed E-state index contributed by atoms with van der Waals surface area (Å²) in [6.45, 7) is 0.00872. The first kappa shape index (κ1) is 13.7. The van der Waals surface area contributed by atoms with E-state index in [9.17, 15) is 4.79 Å². The van der Waals surface area contributed by atoms with E-state index in [1.165, 1.54) is 0 Å². The van der Waals surface area contributed by atoms with Crippen molar-refractivity contribution in [1.29, 1.82) is 0 Å². The van der Waals surface area contributed by atoms with E-state index in [0.717, 1.165) is 41.9 Å². The van der Waals surface area contributed by atoms with Crippen LogP contribution in [0.5, 0.6) is 0 Å². The molecule has 0 spiro atoms. The van der Waals surface area contributed by atoms with Crippen LogP contribution in [0, 0.1) is 0 Å². The average Bonchev–Trinajstić information content (AvgIpc) is 2.55. The second-order valence-corrected chi connectivity index (χ2v) is 5.18. The van der Waals surface area contributed by atoms with Crippen molar-refractivity contribution in [3.63, 3.8) is 0 Å². The van der Waals surface area contributed by atoms with E-state index in [1.54, 1.807) is 0 Å². The molecule has 2 aromatic rings. The van der Waals surface area contributed by atoms with Crippen LogP contribution in [0.1, 0.15) is 30.1 Å². The Balaban J connectivity index is 1.90. The van der Waals surface area contributed by atoms with Gasteiger partial charge >= 0.3 is 0 Å². The molecule has 0 saturated heterocycles. The maximum Gasteiger partial charge on any atom is 0.234 e. The minimum absolute atomic E-state index is 0.00872. The first-order chi connectivity index (χ1) is 10.3. The number of aryl methyl sites for hydroxylation is 1. The second-order valence-electron chi connectivity index (χ2n) is 5.18. The van der Waals surface area contributed by atoms with Gasteiger partial charge < -0.3 is 11.1 Å². The molecular formula is C16H18N4O. The predicted octanol–water partition coefficient (Wildman–Crippen LogP) is 1.60. The second kappa shape index (κ2) is 6.01. The van der Waals surface area contributed by atoms with Crippen molar-refractivity contribution in [3.05, 3.63) is 47.8 Å². The number of fused-ring (bicyclic) bond motifs is 1. The molecule has 1 aromatic carbocycles. The number of amides is 1. The lowest BCUT2D eigenvalue weighted by atomic mass is 9.92. The van der Waals surface area contributed by atoms with Gasteiger partial charge in [-0.25, -0.2) is 9.97 Å². The number of nitrogens with one attached hydrogen (secondary N) is 1. The van der Waals surface area contributed by atoms with Crippen molar-refractivity contribution >= 4 is 5.91 Å². The Morgan fingerprint density at radius 1 is 1.33 bits per heavy atom. The zero-order valence-electron chi connectivity index (χ0n) is 11.7. The molecule has 0 saturated carbocycles. The number of nitrogens with zero attached hydrogens (tertiary/aromatic N) is 2. The minimum Gasteiger partial charge on any atom is -0.348 e. The summed E-state index contributed by atoms with van der Waals surface area (Å²) in [4.78, 5) is 20.6. The van der Waals surface area contributed by atoms with Crippen LogP contribution in [-0.2, 0) is 11.2 Å².